The fourth-order valence-corrected chi connectivity index (χ4v) is 7.97. The van der Waals surface area contributed by atoms with Gasteiger partial charge in [-0.15, -0.1) is 0 Å². The molecule has 0 aliphatic carbocycles. The Morgan fingerprint density at radius 3 is 1.08 bits per heavy atom. The third-order valence-corrected chi connectivity index (χ3v) is 11.7. The van der Waals surface area contributed by atoms with Gasteiger partial charge >= 0.3 is 27.5 Å². The number of nitrogens with two attached hydrogens (primary N) is 1. The minimum absolute atomic E-state index is 0.0610. The molecule has 14 heteroatoms. The summed E-state index contributed by atoms with van der Waals surface area (Å²) >= 11 is -1.84. The van der Waals surface area contributed by atoms with Gasteiger partial charge in [0.2, 0.25) is 0 Å². The average molecular weight is 960 g/mol. The molecule has 0 amide bonds. The second kappa shape index (κ2) is 39.0. The molecule has 4 N–H and O–H groups in total. The maximum absolute atomic E-state index is 11.3. The first-order valence-corrected chi connectivity index (χ1v) is 26.2. The minimum atomic E-state index is -4.10. The Balaban J connectivity index is 0. The molecular formula is C45H73NO9S3Zr. The molecule has 0 aliphatic rings. The molecule has 3 aromatic carbocycles. The molecule has 334 valence electrons. The quantitative estimate of drug-likeness (QED) is 0.0242. The van der Waals surface area contributed by atoms with Gasteiger partial charge in [0.25, 0.3) is 20.2 Å². The Morgan fingerprint density at radius 1 is 0.542 bits per heavy atom. The van der Waals surface area contributed by atoms with Crippen molar-refractivity contribution in [1.29, 1.82) is 0 Å². The first-order valence-electron chi connectivity index (χ1n) is 21.2. The Kier molecular flexibility index (Phi) is 39.1. The van der Waals surface area contributed by atoms with Crippen LogP contribution >= 0.6 is 0 Å². The van der Waals surface area contributed by atoms with Gasteiger partial charge in [0.1, 0.15) is 0 Å². The number of unbranched alkanes of at least 4 members (excludes halogenated alkanes) is 18. The van der Waals surface area contributed by atoms with Crippen molar-refractivity contribution in [3.63, 3.8) is 0 Å². The zero-order chi connectivity index (χ0) is 44.8. The van der Waals surface area contributed by atoms with Crippen molar-refractivity contribution < 1.29 is 62.2 Å². The van der Waals surface area contributed by atoms with E-state index in [1.54, 1.807) is 36.4 Å². The van der Waals surface area contributed by atoms with Crippen LogP contribution in [-0.2, 0) is 71.7 Å². The molecule has 59 heavy (non-hydrogen) atoms. The molecule has 0 fully saturated rings. The van der Waals surface area contributed by atoms with Gasteiger partial charge < -0.3 is 16.7 Å². The summed E-state index contributed by atoms with van der Waals surface area (Å²) in [5.41, 5.74) is 7.34. The topological polar surface area (TPSA) is 192 Å². The van der Waals surface area contributed by atoms with Crippen LogP contribution in [0.1, 0.15) is 167 Å². The van der Waals surface area contributed by atoms with E-state index >= 15 is 0 Å². The summed E-state index contributed by atoms with van der Waals surface area (Å²) in [4.78, 5) is 0.381. The Labute approximate surface area is 376 Å². The maximum atomic E-state index is 11.3. The van der Waals surface area contributed by atoms with Crippen molar-refractivity contribution in [2.75, 3.05) is 5.73 Å². The number of aryl methyl sites for hydroxylation is 2. The van der Waals surface area contributed by atoms with Crippen LogP contribution in [0.5, 0.6) is 0 Å². The molecule has 0 radical (unpaired) electrons. The van der Waals surface area contributed by atoms with Crippen LogP contribution in [0.25, 0.3) is 0 Å². The molecule has 0 heterocycles. The summed E-state index contributed by atoms with van der Waals surface area (Å²) in [6, 6.07) is 19.5. The predicted octanol–water partition coefficient (Wildman–Crippen LogP) is 12.4. The van der Waals surface area contributed by atoms with E-state index in [1.165, 1.54) is 127 Å². The van der Waals surface area contributed by atoms with Crippen LogP contribution in [0, 0.1) is 6.42 Å². The summed E-state index contributed by atoms with van der Waals surface area (Å²) in [5.74, 6) is 0. The van der Waals surface area contributed by atoms with Crippen LogP contribution in [0.15, 0.2) is 87.5 Å². The molecule has 10 nitrogen and oxygen atoms in total. The molecule has 0 aromatic heterocycles. The van der Waals surface area contributed by atoms with E-state index in [1.807, 2.05) is 32.4 Å². The number of nitrogen functional groups attached to an aromatic ring is 1. The zero-order valence-electron chi connectivity index (χ0n) is 36.1. The standard InChI is InChI=1S/2C18H30O3S.C6H7NO2S.C3H7.O.Zr/c2*1-2-3-4-5-6-7-8-9-10-11-14-17-15-12-13-16-18(17)22(19,20)21;7-5-1-3-6(4-2-5)10(8)9;1-3-2;;/h2*12-13,15-16H,2-11,14H2,1H3,(H,19,20,21);1-4H,7H2,(H,8,9);3H,1-2H3;;/q;;;-1;;+2/p-1. The van der Waals surface area contributed by atoms with Crippen LogP contribution in [0.2, 0.25) is 0 Å². The fourth-order valence-electron chi connectivity index (χ4n) is 6.11. The van der Waals surface area contributed by atoms with Crippen molar-refractivity contribution in [2.45, 2.75) is 184 Å². The third-order valence-electron chi connectivity index (χ3n) is 9.17. The molecule has 1 atom stereocenters. The molecular weight excluding hydrogens is 886 g/mol. The van der Waals surface area contributed by atoms with Crippen molar-refractivity contribution in [2.24, 2.45) is 0 Å². The Bertz CT molecular complexity index is 1600. The summed E-state index contributed by atoms with van der Waals surface area (Å²) < 4.78 is 92.5. The molecule has 0 aliphatic heterocycles. The second-order valence-electron chi connectivity index (χ2n) is 14.4. The van der Waals surface area contributed by atoms with Crippen LogP contribution in [0.4, 0.5) is 5.69 Å². The van der Waals surface area contributed by atoms with Gasteiger partial charge in [0.05, 0.1) is 9.79 Å². The molecule has 3 rings (SSSR count). The van der Waals surface area contributed by atoms with Crippen molar-refractivity contribution in [1.82, 2.24) is 0 Å². The van der Waals surface area contributed by atoms with E-state index in [2.05, 4.69) is 13.8 Å². The first-order chi connectivity index (χ1) is 28.2. The van der Waals surface area contributed by atoms with Crippen LogP contribution < -0.4 is 5.73 Å². The number of hydrogen-bond donors (Lipinski definition) is 3. The monoisotopic (exact) mass is 957 g/mol. The number of benzene rings is 3. The van der Waals surface area contributed by atoms with Crippen molar-refractivity contribution >= 4 is 37.0 Å². The van der Waals surface area contributed by atoms with Crippen LogP contribution in [0.3, 0.4) is 0 Å². The number of rotatable bonds is 25. The van der Waals surface area contributed by atoms with E-state index in [0.29, 0.717) is 43.3 Å². The normalized spacial score (nSPS) is 11.3. The molecule has 1 unspecified atom stereocenters. The van der Waals surface area contributed by atoms with Gasteiger partial charge in [-0.2, -0.15) is 30.7 Å². The summed E-state index contributed by atoms with van der Waals surface area (Å²) in [5, 5.41) is 0. The van der Waals surface area contributed by atoms with Gasteiger partial charge in [0, 0.05) is 10.6 Å². The molecule has 0 saturated carbocycles. The SMILES string of the molecule is CCCCCCCCCCCCc1ccccc1S(=O)(=O)O.CCCCCCCCCCCCc1ccccc1S(=O)(=O)O.C[CH-]C.Nc1ccc(S(=O)[O-])cc1.[O]=[Zr+2]. The summed E-state index contributed by atoms with van der Waals surface area (Å²) in [6.07, 6.45) is 28.6. The van der Waals surface area contributed by atoms with E-state index in [0.717, 1.165) is 36.8 Å². The van der Waals surface area contributed by atoms with E-state index in [-0.39, 0.29) is 14.7 Å². The number of hydrogen-bond acceptors (Lipinski definition) is 8. The van der Waals surface area contributed by atoms with Crippen molar-refractivity contribution in [3.05, 3.63) is 90.3 Å². The van der Waals surface area contributed by atoms with E-state index in [9.17, 15) is 34.7 Å². The average Bonchev–Trinajstić information content (AvgIpc) is 3.20. The summed E-state index contributed by atoms with van der Waals surface area (Å²) in [6.45, 7) is 8.47. The number of anilines is 1. The molecule has 0 spiro atoms. The second-order valence-corrected chi connectivity index (χ2v) is 18.1. The Morgan fingerprint density at radius 2 is 0.814 bits per heavy atom. The first kappa shape index (κ1) is 59.2. The van der Waals surface area contributed by atoms with Gasteiger partial charge in [0.15, 0.2) is 0 Å². The predicted molar refractivity (Wildman–Crippen MR) is 238 cm³/mol. The zero-order valence-corrected chi connectivity index (χ0v) is 41.0. The third kappa shape index (κ3) is 33.4. The van der Waals surface area contributed by atoms with Gasteiger partial charge in [-0.05, 0) is 84.3 Å². The van der Waals surface area contributed by atoms with Crippen molar-refractivity contribution in [3.8, 4) is 0 Å². The van der Waals surface area contributed by atoms with Gasteiger partial charge in [-0.1, -0.05) is 166 Å². The van der Waals surface area contributed by atoms with Gasteiger partial charge in [-0.25, -0.2) is 0 Å². The molecule has 0 bridgehead atoms. The fraction of sp³-hybridized carbons (Fsp3) is 0.578. The van der Waals surface area contributed by atoms with Crippen LogP contribution in [-0.4, -0.2) is 34.7 Å². The summed E-state index contributed by atoms with van der Waals surface area (Å²) in [7, 11) is -8.19. The van der Waals surface area contributed by atoms with E-state index < -0.39 is 31.3 Å². The van der Waals surface area contributed by atoms with E-state index in [4.69, 9.17) is 8.55 Å². The molecule has 0 saturated heterocycles. The Hall–Kier alpha value is -1.93. The molecule has 3 aromatic rings. The van der Waals surface area contributed by atoms with Gasteiger partial charge in [-0.3, -0.25) is 13.3 Å².